The number of amides is 2. The first-order valence-corrected chi connectivity index (χ1v) is 8.40. The van der Waals surface area contributed by atoms with Gasteiger partial charge in [0.25, 0.3) is 0 Å². The van der Waals surface area contributed by atoms with Gasteiger partial charge >= 0.3 is 0 Å². The van der Waals surface area contributed by atoms with Gasteiger partial charge in [-0.05, 0) is 43.7 Å². The minimum Gasteiger partial charge on any atom is -0.356 e. The van der Waals surface area contributed by atoms with Crippen LogP contribution >= 0.6 is 0 Å². The molecule has 0 unspecified atom stereocenters. The van der Waals surface area contributed by atoms with E-state index in [2.05, 4.69) is 10.6 Å². The Morgan fingerprint density at radius 1 is 1.08 bits per heavy atom. The Hall–Kier alpha value is -1.98. The van der Waals surface area contributed by atoms with Crippen molar-refractivity contribution in [3.8, 4) is 0 Å². The zero-order valence-corrected chi connectivity index (χ0v) is 14.1. The highest BCUT2D eigenvalue weighted by molar-refractivity contribution is 5.92. The van der Waals surface area contributed by atoms with Crippen molar-refractivity contribution in [3.63, 3.8) is 0 Å². The summed E-state index contributed by atoms with van der Waals surface area (Å²) in [5.74, 6) is -1.60. The molecule has 1 aliphatic rings. The van der Waals surface area contributed by atoms with Gasteiger partial charge in [-0.25, -0.2) is 8.78 Å². The topological polar surface area (TPSA) is 58.2 Å². The Morgan fingerprint density at radius 3 is 2.21 bits per heavy atom. The summed E-state index contributed by atoms with van der Waals surface area (Å²) in [4.78, 5) is 24.3. The number of anilines is 1. The molecule has 1 aliphatic carbocycles. The predicted octanol–water partition coefficient (Wildman–Crippen LogP) is 3.48. The van der Waals surface area contributed by atoms with Crippen LogP contribution in [0, 0.1) is 29.4 Å². The number of hydrogen-bond donors (Lipinski definition) is 2. The highest BCUT2D eigenvalue weighted by Gasteiger charge is 2.30. The monoisotopic (exact) mass is 338 g/mol. The van der Waals surface area contributed by atoms with Crippen LogP contribution in [0.15, 0.2) is 18.2 Å². The van der Waals surface area contributed by atoms with E-state index >= 15 is 0 Å². The summed E-state index contributed by atoms with van der Waals surface area (Å²) in [7, 11) is 0. The molecule has 0 radical (unpaired) electrons. The molecular weight excluding hydrogens is 314 g/mol. The van der Waals surface area contributed by atoms with Crippen molar-refractivity contribution in [2.75, 3.05) is 11.9 Å². The minimum absolute atomic E-state index is 0.0156. The lowest BCUT2D eigenvalue weighted by Crippen LogP contribution is -2.37. The van der Waals surface area contributed by atoms with Crippen molar-refractivity contribution < 1.29 is 18.4 Å². The van der Waals surface area contributed by atoms with Crippen LogP contribution in [-0.4, -0.2) is 18.4 Å². The lowest BCUT2D eigenvalue weighted by molar-refractivity contribution is -0.128. The summed E-state index contributed by atoms with van der Waals surface area (Å²) < 4.78 is 26.5. The molecule has 6 heteroatoms. The molecule has 1 aromatic carbocycles. The maximum absolute atomic E-state index is 13.6. The molecule has 2 rings (SSSR count). The number of rotatable bonds is 5. The molecule has 0 heterocycles. The average molecular weight is 338 g/mol. The van der Waals surface area contributed by atoms with E-state index in [4.69, 9.17) is 0 Å². The number of benzene rings is 1. The van der Waals surface area contributed by atoms with Gasteiger partial charge in [0.15, 0.2) is 0 Å². The van der Waals surface area contributed by atoms with E-state index in [0.29, 0.717) is 38.1 Å². The lowest BCUT2D eigenvalue weighted by Gasteiger charge is -2.27. The number of carbonyl (C=O) groups is 2. The minimum atomic E-state index is -0.787. The Labute approximate surface area is 141 Å². The molecule has 0 atom stereocenters. The van der Waals surface area contributed by atoms with Gasteiger partial charge in [-0.1, -0.05) is 13.8 Å². The molecule has 2 amide bonds. The van der Waals surface area contributed by atoms with Crippen molar-refractivity contribution in [1.29, 1.82) is 0 Å². The standard InChI is InChI=1S/C18H24F2N2O2/c1-11(2)10-21-17(23)12-3-5-13(6-4-12)18(24)22-16-8-7-14(19)9-15(16)20/h7-9,11-13H,3-6,10H2,1-2H3,(H,21,23)(H,22,24). The van der Waals surface area contributed by atoms with E-state index in [1.54, 1.807) is 0 Å². The number of halogens is 2. The second-order valence-corrected chi connectivity index (χ2v) is 6.80. The average Bonchev–Trinajstić information content (AvgIpc) is 2.55. The van der Waals surface area contributed by atoms with Crippen molar-refractivity contribution in [2.45, 2.75) is 39.5 Å². The molecule has 1 saturated carbocycles. The van der Waals surface area contributed by atoms with E-state index in [0.717, 1.165) is 12.1 Å². The predicted molar refractivity (Wildman–Crippen MR) is 88.3 cm³/mol. The van der Waals surface area contributed by atoms with Gasteiger partial charge in [-0.3, -0.25) is 9.59 Å². The number of nitrogens with one attached hydrogen (secondary N) is 2. The first kappa shape index (κ1) is 18.4. The molecular formula is C18H24F2N2O2. The van der Waals surface area contributed by atoms with Crippen LogP contribution in [0.25, 0.3) is 0 Å². The van der Waals surface area contributed by atoms with Crippen molar-refractivity contribution in [3.05, 3.63) is 29.8 Å². The second-order valence-electron chi connectivity index (χ2n) is 6.80. The van der Waals surface area contributed by atoms with Crippen LogP contribution in [0.4, 0.5) is 14.5 Å². The van der Waals surface area contributed by atoms with Crippen molar-refractivity contribution >= 4 is 17.5 Å². The maximum atomic E-state index is 13.6. The van der Waals surface area contributed by atoms with E-state index in [1.807, 2.05) is 13.8 Å². The normalized spacial score (nSPS) is 20.7. The molecule has 4 nitrogen and oxygen atoms in total. The third-order valence-corrected chi connectivity index (χ3v) is 4.34. The van der Waals surface area contributed by atoms with E-state index in [1.165, 1.54) is 6.07 Å². The summed E-state index contributed by atoms with van der Waals surface area (Å²) in [5, 5.41) is 5.43. The fraction of sp³-hybridized carbons (Fsp3) is 0.556. The summed E-state index contributed by atoms with van der Waals surface area (Å²) in [5.41, 5.74) is -0.0156. The van der Waals surface area contributed by atoms with Gasteiger partial charge < -0.3 is 10.6 Å². The summed E-state index contributed by atoms with van der Waals surface area (Å²) in [6, 6.07) is 3.06. The third kappa shape index (κ3) is 5.01. The number of carbonyl (C=O) groups excluding carboxylic acids is 2. The molecule has 2 N–H and O–H groups in total. The maximum Gasteiger partial charge on any atom is 0.227 e. The van der Waals surface area contributed by atoms with Crippen molar-refractivity contribution in [2.24, 2.45) is 17.8 Å². The first-order chi connectivity index (χ1) is 11.4. The molecule has 0 aliphatic heterocycles. The lowest BCUT2D eigenvalue weighted by atomic mass is 9.81. The van der Waals surface area contributed by atoms with Gasteiger partial charge in [0, 0.05) is 24.4 Å². The molecule has 24 heavy (non-hydrogen) atoms. The number of hydrogen-bond acceptors (Lipinski definition) is 2. The smallest absolute Gasteiger partial charge is 0.227 e. The Morgan fingerprint density at radius 2 is 1.67 bits per heavy atom. The fourth-order valence-electron chi connectivity index (χ4n) is 2.89. The molecule has 0 saturated heterocycles. The van der Waals surface area contributed by atoms with Crippen LogP contribution in [0.3, 0.4) is 0 Å². The van der Waals surface area contributed by atoms with Gasteiger partial charge in [-0.2, -0.15) is 0 Å². The van der Waals surface area contributed by atoms with Crippen LogP contribution in [0.1, 0.15) is 39.5 Å². The second kappa shape index (κ2) is 8.22. The summed E-state index contributed by atoms with van der Waals surface area (Å²) >= 11 is 0. The van der Waals surface area contributed by atoms with Gasteiger partial charge in [0.1, 0.15) is 11.6 Å². The highest BCUT2D eigenvalue weighted by Crippen LogP contribution is 2.30. The first-order valence-electron chi connectivity index (χ1n) is 8.40. The largest absolute Gasteiger partial charge is 0.356 e. The van der Waals surface area contributed by atoms with Gasteiger partial charge in [0.05, 0.1) is 5.69 Å². The summed E-state index contributed by atoms with van der Waals surface area (Å²) in [6.07, 6.45) is 2.48. The molecule has 132 valence electrons. The molecule has 1 aromatic rings. The van der Waals surface area contributed by atoms with E-state index in [9.17, 15) is 18.4 Å². The Kier molecular flexibility index (Phi) is 6.29. The van der Waals surface area contributed by atoms with Crippen LogP contribution in [0.5, 0.6) is 0 Å². The molecule has 0 bridgehead atoms. The zero-order chi connectivity index (χ0) is 17.7. The van der Waals surface area contributed by atoms with Crippen LogP contribution < -0.4 is 10.6 Å². The molecule has 0 aromatic heterocycles. The Bertz CT molecular complexity index is 597. The van der Waals surface area contributed by atoms with E-state index < -0.39 is 11.6 Å². The van der Waals surface area contributed by atoms with Crippen LogP contribution in [0.2, 0.25) is 0 Å². The van der Waals surface area contributed by atoms with Crippen molar-refractivity contribution in [1.82, 2.24) is 5.32 Å². The Balaban J connectivity index is 1.83. The van der Waals surface area contributed by atoms with Gasteiger partial charge in [0.2, 0.25) is 11.8 Å². The zero-order valence-electron chi connectivity index (χ0n) is 14.1. The highest BCUT2D eigenvalue weighted by atomic mass is 19.1. The third-order valence-electron chi connectivity index (χ3n) is 4.34. The fourth-order valence-corrected chi connectivity index (χ4v) is 2.89. The van der Waals surface area contributed by atoms with Gasteiger partial charge in [-0.15, -0.1) is 0 Å². The van der Waals surface area contributed by atoms with Crippen LogP contribution in [-0.2, 0) is 9.59 Å². The molecule has 0 spiro atoms. The van der Waals surface area contributed by atoms with E-state index in [-0.39, 0.29) is 29.3 Å². The quantitative estimate of drug-likeness (QED) is 0.863. The summed E-state index contributed by atoms with van der Waals surface area (Å²) in [6.45, 7) is 4.73. The molecule has 1 fully saturated rings. The SMILES string of the molecule is CC(C)CNC(=O)C1CCC(C(=O)Nc2ccc(F)cc2F)CC1.